The first kappa shape index (κ1) is 18.9. The fourth-order valence-electron chi connectivity index (χ4n) is 3.68. The molecule has 0 bridgehead atoms. The van der Waals surface area contributed by atoms with Gasteiger partial charge >= 0.3 is 0 Å². The number of fused-ring (bicyclic) bond motifs is 1. The van der Waals surface area contributed by atoms with Crippen LogP contribution in [0, 0.1) is 0 Å². The minimum absolute atomic E-state index is 0.0324. The van der Waals surface area contributed by atoms with Crippen molar-refractivity contribution in [2.75, 3.05) is 5.32 Å². The molecule has 1 N–H and O–H groups in total. The zero-order valence-electron chi connectivity index (χ0n) is 16.6. The SMILES string of the molecule is CCc1ccccc1NC(=O)Cn1c(CCc2ccccc2)nc2ccccc21. The number of aromatic nitrogens is 2. The van der Waals surface area contributed by atoms with Crippen molar-refractivity contribution >= 4 is 22.6 Å². The number of carbonyl (C=O) groups excluding carboxylic acids is 1. The third-order valence-electron chi connectivity index (χ3n) is 5.19. The Hall–Kier alpha value is -3.40. The van der Waals surface area contributed by atoms with Gasteiger partial charge in [0.25, 0.3) is 0 Å². The number of hydrogen-bond acceptors (Lipinski definition) is 2. The van der Waals surface area contributed by atoms with Crippen LogP contribution >= 0.6 is 0 Å². The Morgan fingerprint density at radius 3 is 2.45 bits per heavy atom. The van der Waals surface area contributed by atoms with Gasteiger partial charge in [0.2, 0.25) is 5.91 Å². The summed E-state index contributed by atoms with van der Waals surface area (Å²) in [5.41, 5.74) is 5.22. The van der Waals surface area contributed by atoms with E-state index in [4.69, 9.17) is 4.98 Å². The lowest BCUT2D eigenvalue weighted by Crippen LogP contribution is -2.21. The minimum Gasteiger partial charge on any atom is -0.324 e. The predicted molar refractivity (Wildman–Crippen MR) is 118 cm³/mol. The summed E-state index contributed by atoms with van der Waals surface area (Å²) in [5.74, 6) is 0.906. The number of hydrogen-bond donors (Lipinski definition) is 1. The van der Waals surface area contributed by atoms with Crippen molar-refractivity contribution in [2.45, 2.75) is 32.7 Å². The molecular formula is C25H25N3O. The molecule has 1 amide bonds. The van der Waals surface area contributed by atoms with Crippen LogP contribution in [0.25, 0.3) is 11.0 Å². The number of anilines is 1. The van der Waals surface area contributed by atoms with E-state index in [1.165, 1.54) is 5.56 Å². The third kappa shape index (κ3) is 4.37. The predicted octanol–water partition coefficient (Wildman–Crippen LogP) is 5.02. The van der Waals surface area contributed by atoms with Gasteiger partial charge in [0.15, 0.2) is 0 Å². The largest absolute Gasteiger partial charge is 0.324 e. The van der Waals surface area contributed by atoms with Gasteiger partial charge < -0.3 is 9.88 Å². The Morgan fingerprint density at radius 2 is 1.62 bits per heavy atom. The van der Waals surface area contributed by atoms with Gasteiger partial charge in [-0.05, 0) is 42.2 Å². The van der Waals surface area contributed by atoms with Gasteiger partial charge in [-0.3, -0.25) is 4.79 Å². The highest BCUT2D eigenvalue weighted by Crippen LogP contribution is 2.19. The highest BCUT2D eigenvalue weighted by Gasteiger charge is 2.14. The Labute approximate surface area is 171 Å². The van der Waals surface area contributed by atoms with Crippen LogP contribution in [0.1, 0.15) is 23.9 Å². The Balaban J connectivity index is 1.57. The second-order valence-corrected chi connectivity index (χ2v) is 7.15. The van der Waals surface area contributed by atoms with E-state index in [1.807, 2.05) is 59.2 Å². The zero-order valence-corrected chi connectivity index (χ0v) is 16.6. The lowest BCUT2D eigenvalue weighted by molar-refractivity contribution is -0.116. The first-order valence-corrected chi connectivity index (χ1v) is 10.1. The minimum atomic E-state index is -0.0324. The van der Waals surface area contributed by atoms with E-state index in [0.29, 0.717) is 0 Å². The van der Waals surface area contributed by atoms with Crippen LogP contribution < -0.4 is 5.32 Å². The lowest BCUT2D eigenvalue weighted by atomic mass is 10.1. The van der Waals surface area contributed by atoms with Crippen LogP contribution in [0.2, 0.25) is 0 Å². The van der Waals surface area contributed by atoms with E-state index in [2.05, 4.69) is 36.5 Å². The molecule has 146 valence electrons. The molecule has 0 atom stereocenters. The number of nitrogens with zero attached hydrogens (tertiary/aromatic N) is 2. The molecule has 4 heteroatoms. The Morgan fingerprint density at radius 1 is 0.897 bits per heavy atom. The summed E-state index contributed by atoms with van der Waals surface area (Å²) >= 11 is 0. The molecule has 1 heterocycles. The zero-order chi connectivity index (χ0) is 20.1. The van der Waals surface area contributed by atoms with Crippen molar-refractivity contribution < 1.29 is 4.79 Å². The first-order chi connectivity index (χ1) is 14.2. The molecule has 4 nitrogen and oxygen atoms in total. The molecule has 4 rings (SSSR count). The van der Waals surface area contributed by atoms with Crippen LogP contribution in [0.3, 0.4) is 0 Å². The smallest absolute Gasteiger partial charge is 0.244 e. The van der Waals surface area contributed by atoms with E-state index in [-0.39, 0.29) is 12.5 Å². The molecule has 29 heavy (non-hydrogen) atoms. The topological polar surface area (TPSA) is 46.9 Å². The van der Waals surface area contributed by atoms with Crippen molar-refractivity contribution in [3.8, 4) is 0 Å². The van der Waals surface area contributed by atoms with Crippen LogP contribution in [0.15, 0.2) is 78.9 Å². The highest BCUT2D eigenvalue weighted by molar-refractivity contribution is 5.92. The average Bonchev–Trinajstić information content (AvgIpc) is 3.10. The lowest BCUT2D eigenvalue weighted by Gasteiger charge is -2.12. The molecule has 0 unspecified atom stereocenters. The number of carbonyl (C=O) groups is 1. The number of para-hydroxylation sites is 3. The number of rotatable bonds is 7. The van der Waals surface area contributed by atoms with Crippen molar-refractivity contribution in [1.29, 1.82) is 0 Å². The quantitative estimate of drug-likeness (QED) is 0.487. The normalized spacial score (nSPS) is 10.9. The van der Waals surface area contributed by atoms with Gasteiger partial charge in [-0.25, -0.2) is 4.98 Å². The summed E-state index contributed by atoms with van der Waals surface area (Å²) in [7, 11) is 0. The molecule has 0 aliphatic carbocycles. The van der Waals surface area contributed by atoms with Crippen molar-refractivity contribution in [3.05, 3.63) is 95.8 Å². The summed E-state index contributed by atoms with van der Waals surface area (Å²) in [6, 6.07) is 26.3. The highest BCUT2D eigenvalue weighted by atomic mass is 16.1. The number of aryl methyl sites for hydroxylation is 3. The molecule has 0 saturated heterocycles. The molecule has 3 aromatic carbocycles. The van der Waals surface area contributed by atoms with Crippen molar-refractivity contribution in [2.24, 2.45) is 0 Å². The van der Waals surface area contributed by atoms with Crippen molar-refractivity contribution in [3.63, 3.8) is 0 Å². The van der Waals surface area contributed by atoms with Crippen LogP contribution in [0.4, 0.5) is 5.69 Å². The van der Waals surface area contributed by atoms with Crippen LogP contribution in [-0.4, -0.2) is 15.5 Å². The summed E-state index contributed by atoms with van der Waals surface area (Å²) in [4.78, 5) is 17.7. The summed E-state index contributed by atoms with van der Waals surface area (Å²) in [5, 5.41) is 3.08. The summed E-state index contributed by atoms with van der Waals surface area (Å²) < 4.78 is 2.04. The van der Waals surface area contributed by atoms with Gasteiger partial charge in [0.1, 0.15) is 12.4 Å². The molecular weight excluding hydrogens is 358 g/mol. The number of benzene rings is 3. The average molecular weight is 383 g/mol. The maximum atomic E-state index is 12.9. The molecule has 0 aliphatic heterocycles. The first-order valence-electron chi connectivity index (χ1n) is 10.1. The van der Waals surface area contributed by atoms with E-state index in [0.717, 1.165) is 47.4 Å². The molecule has 0 radical (unpaired) electrons. The second kappa shape index (κ2) is 8.74. The fourth-order valence-corrected chi connectivity index (χ4v) is 3.68. The molecule has 0 spiro atoms. The van der Waals surface area contributed by atoms with Gasteiger partial charge in [0, 0.05) is 12.1 Å². The van der Waals surface area contributed by atoms with Crippen LogP contribution in [0.5, 0.6) is 0 Å². The Bertz CT molecular complexity index is 1120. The molecule has 0 saturated carbocycles. The van der Waals surface area contributed by atoms with E-state index in [9.17, 15) is 4.79 Å². The maximum Gasteiger partial charge on any atom is 0.244 e. The van der Waals surface area contributed by atoms with E-state index in [1.54, 1.807) is 0 Å². The third-order valence-corrected chi connectivity index (χ3v) is 5.19. The monoisotopic (exact) mass is 383 g/mol. The van der Waals surface area contributed by atoms with E-state index < -0.39 is 0 Å². The van der Waals surface area contributed by atoms with Gasteiger partial charge in [-0.2, -0.15) is 0 Å². The maximum absolute atomic E-state index is 12.9. The van der Waals surface area contributed by atoms with Crippen molar-refractivity contribution in [1.82, 2.24) is 9.55 Å². The number of amides is 1. The van der Waals surface area contributed by atoms with Crippen LogP contribution in [-0.2, 0) is 30.6 Å². The van der Waals surface area contributed by atoms with Gasteiger partial charge in [-0.1, -0.05) is 67.6 Å². The Kier molecular flexibility index (Phi) is 5.71. The molecule has 0 fully saturated rings. The summed E-state index contributed by atoms with van der Waals surface area (Å²) in [6.07, 6.45) is 2.56. The molecule has 0 aliphatic rings. The fraction of sp³-hybridized carbons (Fsp3) is 0.200. The van der Waals surface area contributed by atoms with E-state index >= 15 is 0 Å². The molecule has 4 aromatic rings. The second-order valence-electron chi connectivity index (χ2n) is 7.15. The number of nitrogens with one attached hydrogen (secondary N) is 1. The number of imidazole rings is 1. The van der Waals surface area contributed by atoms with Gasteiger partial charge in [-0.15, -0.1) is 0 Å². The van der Waals surface area contributed by atoms with Gasteiger partial charge in [0.05, 0.1) is 11.0 Å². The standard InChI is InChI=1S/C25H25N3O/c1-2-20-12-6-7-13-21(20)27-25(29)18-28-23-15-9-8-14-22(23)26-24(28)17-16-19-10-4-3-5-11-19/h3-15H,2,16-18H2,1H3,(H,27,29). The molecule has 1 aromatic heterocycles. The summed E-state index contributed by atoms with van der Waals surface area (Å²) in [6.45, 7) is 2.35.